The normalized spacial score (nSPS) is 9.73. The van der Waals surface area contributed by atoms with Gasteiger partial charge in [-0.25, -0.2) is 0 Å². The van der Waals surface area contributed by atoms with Crippen LogP contribution in [-0.2, 0) is 0 Å². The predicted molar refractivity (Wildman–Crippen MR) is 40.0 cm³/mol. The molecular weight excluding hydrogens is 168 g/mol. The monoisotopic (exact) mass is 174 g/mol. The van der Waals surface area contributed by atoms with Crippen LogP contribution in [0.2, 0.25) is 5.02 Å². The van der Waals surface area contributed by atoms with Crippen LogP contribution in [0.25, 0.3) is 0 Å². The van der Waals surface area contributed by atoms with Crippen molar-refractivity contribution in [2.24, 2.45) is 0 Å². The van der Waals surface area contributed by atoms with Crippen LogP contribution in [0, 0.1) is 6.92 Å². The second-order valence-corrected chi connectivity index (χ2v) is 2.31. The number of aryl methyl sites for hydroxylation is 1. The highest BCUT2D eigenvalue weighted by Gasteiger charge is 2.08. The second-order valence-electron chi connectivity index (χ2n) is 1.93. The summed E-state index contributed by atoms with van der Waals surface area (Å²) in [5, 5.41) is 9.21. The molecule has 4 nitrogen and oxygen atoms in total. The van der Waals surface area contributed by atoms with Crippen LogP contribution in [-0.4, -0.2) is 22.2 Å². The van der Waals surface area contributed by atoms with Crippen LogP contribution in [0.5, 0.6) is 11.9 Å². The summed E-state index contributed by atoms with van der Waals surface area (Å²) in [5.41, 5.74) is 0.496. The maximum absolute atomic E-state index is 8.89. The Kier molecular flexibility index (Phi) is 2.14. The van der Waals surface area contributed by atoms with Crippen molar-refractivity contribution in [3.63, 3.8) is 0 Å². The molecule has 1 rings (SSSR count). The van der Waals surface area contributed by atoms with Gasteiger partial charge in [0.25, 0.3) is 0 Å². The Morgan fingerprint density at radius 3 is 2.64 bits per heavy atom. The maximum atomic E-state index is 8.89. The van der Waals surface area contributed by atoms with Crippen LogP contribution in [0.3, 0.4) is 0 Å². The lowest BCUT2D eigenvalue weighted by Crippen LogP contribution is -1.93. The first-order chi connectivity index (χ1) is 5.15. The van der Waals surface area contributed by atoms with Gasteiger partial charge in [0.2, 0.25) is 5.88 Å². The molecular formula is C6H7ClN2O2. The van der Waals surface area contributed by atoms with E-state index in [0.717, 1.165) is 0 Å². The Morgan fingerprint density at radius 1 is 1.45 bits per heavy atom. The third kappa shape index (κ3) is 1.51. The number of hydrogen-bond acceptors (Lipinski definition) is 4. The van der Waals surface area contributed by atoms with E-state index >= 15 is 0 Å². The quantitative estimate of drug-likeness (QED) is 0.694. The maximum Gasteiger partial charge on any atom is 0.317 e. The molecule has 1 N–H and O–H groups in total. The summed E-state index contributed by atoms with van der Waals surface area (Å²) in [7, 11) is 1.42. The number of halogens is 1. The number of ether oxygens (including phenoxy) is 1. The van der Waals surface area contributed by atoms with Crippen molar-refractivity contribution >= 4 is 11.6 Å². The van der Waals surface area contributed by atoms with E-state index in [4.69, 9.17) is 21.4 Å². The van der Waals surface area contributed by atoms with Gasteiger partial charge >= 0.3 is 6.01 Å². The minimum Gasteiger partial charge on any atom is -0.480 e. The van der Waals surface area contributed by atoms with E-state index in [0.29, 0.717) is 10.7 Å². The zero-order chi connectivity index (χ0) is 8.43. The third-order valence-electron chi connectivity index (χ3n) is 1.17. The summed E-state index contributed by atoms with van der Waals surface area (Å²) in [6, 6.07) is -0.330. The fourth-order valence-electron chi connectivity index (χ4n) is 0.654. The Balaban J connectivity index is 3.24. The summed E-state index contributed by atoms with van der Waals surface area (Å²) in [6.45, 7) is 1.66. The molecule has 0 radical (unpaired) electrons. The Bertz CT molecular complexity index is 278. The van der Waals surface area contributed by atoms with Gasteiger partial charge in [-0.1, -0.05) is 11.6 Å². The molecule has 0 aromatic carbocycles. The largest absolute Gasteiger partial charge is 0.480 e. The van der Waals surface area contributed by atoms with Crippen molar-refractivity contribution in [3.05, 3.63) is 10.7 Å². The lowest BCUT2D eigenvalue weighted by molar-refractivity contribution is 0.370. The van der Waals surface area contributed by atoms with Crippen molar-refractivity contribution in [2.75, 3.05) is 7.11 Å². The number of nitrogens with zero attached hydrogens (tertiary/aromatic N) is 2. The molecule has 0 aliphatic heterocycles. The van der Waals surface area contributed by atoms with Crippen LogP contribution in [0.15, 0.2) is 0 Å². The number of hydrogen-bond donors (Lipinski definition) is 1. The van der Waals surface area contributed by atoms with E-state index in [2.05, 4.69) is 9.97 Å². The number of aromatic nitrogens is 2. The minimum absolute atomic E-state index is 0.191. The van der Waals surface area contributed by atoms with E-state index < -0.39 is 0 Å². The first kappa shape index (κ1) is 8.07. The zero-order valence-electron chi connectivity index (χ0n) is 6.13. The van der Waals surface area contributed by atoms with Crippen molar-refractivity contribution in [1.29, 1.82) is 0 Å². The molecule has 11 heavy (non-hydrogen) atoms. The van der Waals surface area contributed by atoms with E-state index in [1.54, 1.807) is 6.92 Å². The van der Waals surface area contributed by atoms with Gasteiger partial charge in [-0.15, -0.1) is 0 Å². The molecule has 0 aliphatic carbocycles. The van der Waals surface area contributed by atoms with Gasteiger partial charge in [0.05, 0.1) is 12.8 Å². The summed E-state index contributed by atoms with van der Waals surface area (Å²) in [6.07, 6.45) is 0. The van der Waals surface area contributed by atoms with Crippen molar-refractivity contribution in [1.82, 2.24) is 9.97 Å². The van der Waals surface area contributed by atoms with Crippen LogP contribution < -0.4 is 4.74 Å². The Morgan fingerprint density at radius 2 is 2.09 bits per heavy atom. The summed E-state index contributed by atoms with van der Waals surface area (Å²) in [5.74, 6) is 0.191. The Labute approximate surface area is 68.8 Å². The number of rotatable bonds is 1. The zero-order valence-corrected chi connectivity index (χ0v) is 6.88. The van der Waals surface area contributed by atoms with Crippen LogP contribution in [0.1, 0.15) is 5.69 Å². The van der Waals surface area contributed by atoms with Gasteiger partial charge < -0.3 is 9.84 Å². The van der Waals surface area contributed by atoms with Gasteiger partial charge in [0.15, 0.2) is 0 Å². The van der Waals surface area contributed by atoms with Gasteiger partial charge in [-0.2, -0.15) is 9.97 Å². The molecule has 0 unspecified atom stereocenters. The SMILES string of the molecule is COc1nc(O)nc(C)c1Cl. The van der Waals surface area contributed by atoms with Crippen molar-refractivity contribution < 1.29 is 9.84 Å². The molecule has 0 spiro atoms. The van der Waals surface area contributed by atoms with Gasteiger partial charge in [-0.05, 0) is 6.92 Å². The predicted octanol–water partition coefficient (Wildman–Crippen LogP) is 1.15. The molecule has 0 atom stereocenters. The molecule has 5 heteroatoms. The summed E-state index contributed by atoms with van der Waals surface area (Å²) < 4.78 is 4.76. The highest BCUT2D eigenvalue weighted by Crippen LogP contribution is 2.25. The molecule has 1 aromatic heterocycles. The van der Waals surface area contributed by atoms with Gasteiger partial charge in [0, 0.05) is 0 Å². The molecule has 1 heterocycles. The summed E-state index contributed by atoms with van der Waals surface area (Å²) >= 11 is 5.70. The number of methoxy groups -OCH3 is 1. The Hall–Kier alpha value is -1.03. The molecule has 60 valence electrons. The standard InChI is InChI=1S/C6H7ClN2O2/c1-3-4(7)5(11-2)9-6(10)8-3/h1-2H3,(H,8,9,10). The van der Waals surface area contributed by atoms with Crippen LogP contribution >= 0.6 is 11.6 Å². The van der Waals surface area contributed by atoms with E-state index in [1.807, 2.05) is 0 Å². The smallest absolute Gasteiger partial charge is 0.317 e. The second kappa shape index (κ2) is 2.92. The van der Waals surface area contributed by atoms with E-state index in [1.165, 1.54) is 7.11 Å². The molecule has 0 saturated heterocycles. The lowest BCUT2D eigenvalue weighted by atomic mass is 10.4. The number of aromatic hydroxyl groups is 1. The molecule has 1 aromatic rings. The van der Waals surface area contributed by atoms with E-state index in [-0.39, 0.29) is 11.9 Å². The molecule has 0 fully saturated rings. The van der Waals surface area contributed by atoms with Crippen LogP contribution in [0.4, 0.5) is 0 Å². The average molecular weight is 175 g/mol. The average Bonchev–Trinajstić information content (AvgIpc) is 1.96. The topological polar surface area (TPSA) is 55.2 Å². The third-order valence-corrected chi connectivity index (χ3v) is 1.60. The van der Waals surface area contributed by atoms with Gasteiger partial charge in [-0.3, -0.25) is 0 Å². The van der Waals surface area contributed by atoms with Crippen molar-refractivity contribution in [2.45, 2.75) is 6.92 Å². The fourth-order valence-corrected chi connectivity index (χ4v) is 0.816. The minimum atomic E-state index is -0.330. The highest BCUT2D eigenvalue weighted by atomic mass is 35.5. The summed E-state index contributed by atoms with van der Waals surface area (Å²) in [4.78, 5) is 7.16. The van der Waals surface area contributed by atoms with Crippen molar-refractivity contribution in [3.8, 4) is 11.9 Å². The molecule has 0 aliphatic rings. The van der Waals surface area contributed by atoms with E-state index in [9.17, 15) is 0 Å². The first-order valence-electron chi connectivity index (χ1n) is 2.92. The molecule has 0 bridgehead atoms. The molecule has 0 saturated carbocycles. The van der Waals surface area contributed by atoms with Gasteiger partial charge in [0.1, 0.15) is 5.02 Å². The fraction of sp³-hybridized carbons (Fsp3) is 0.333. The first-order valence-corrected chi connectivity index (χ1v) is 3.30. The molecule has 0 amide bonds. The highest BCUT2D eigenvalue weighted by molar-refractivity contribution is 6.32. The lowest BCUT2D eigenvalue weighted by Gasteiger charge is -2.02.